The van der Waals surface area contributed by atoms with Gasteiger partial charge in [-0.05, 0) is 26.0 Å². The Bertz CT molecular complexity index is 883. The molecule has 2 aromatic rings. The molecular formula is C16H18FN3O4. The number of ether oxygens (including phenoxy) is 1. The van der Waals surface area contributed by atoms with E-state index in [4.69, 9.17) is 10.8 Å². The number of fused-ring (bicyclic) bond motifs is 1. The summed E-state index contributed by atoms with van der Waals surface area (Å²) >= 11 is 0. The maximum atomic E-state index is 14.5. The van der Waals surface area contributed by atoms with Crippen LogP contribution in [-0.4, -0.2) is 34.5 Å². The molecule has 3 rings (SSSR count). The number of benzene rings is 1. The average Bonchev–Trinajstić information content (AvgIpc) is 2.47. The fourth-order valence-corrected chi connectivity index (χ4v) is 3.04. The van der Waals surface area contributed by atoms with E-state index >= 15 is 0 Å². The van der Waals surface area contributed by atoms with Crippen molar-refractivity contribution in [3.05, 3.63) is 34.4 Å². The van der Waals surface area contributed by atoms with Crippen molar-refractivity contribution in [1.29, 1.82) is 0 Å². The largest absolute Gasteiger partial charge is 0.511 e. The van der Waals surface area contributed by atoms with Crippen LogP contribution < -0.4 is 20.8 Å². The first-order chi connectivity index (χ1) is 11.2. The van der Waals surface area contributed by atoms with E-state index in [-0.39, 0.29) is 16.7 Å². The Hall–Kier alpha value is -2.61. The van der Waals surface area contributed by atoms with Gasteiger partial charge in [0.25, 0.3) is 0 Å². The molecule has 0 bridgehead atoms. The van der Waals surface area contributed by atoms with Crippen LogP contribution in [0, 0.1) is 5.82 Å². The number of pyridine rings is 1. The fourth-order valence-electron chi connectivity index (χ4n) is 3.04. The highest BCUT2D eigenvalue weighted by molar-refractivity contribution is 5.85. The van der Waals surface area contributed by atoms with Crippen molar-refractivity contribution in [2.24, 2.45) is 5.73 Å². The Morgan fingerprint density at radius 3 is 2.67 bits per heavy atom. The number of carbonyl (C=O) groups is 1. The van der Waals surface area contributed by atoms with Crippen LogP contribution in [0.5, 0.6) is 5.75 Å². The van der Waals surface area contributed by atoms with Gasteiger partial charge in [-0.1, -0.05) is 0 Å². The Labute approximate surface area is 137 Å². The van der Waals surface area contributed by atoms with Crippen LogP contribution in [0.1, 0.15) is 13.8 Å². The zero-order valence-electron chi connectivity index (χ0n) is 13.4. The number of anilines is 1. The standard InChI is InChI=1S/C16H18FN3O4/c1-3-19-6-13(24-15(22)23)14(21)9-4-10(17)12(5-11(9)19)20-7-16(2,18)8-20/h4-6H,3,7-8,18H2,1-2H3,(H,22,23). The topological polar surface area (TPSA) is 97.8 Å². The second kappa shape index (κ2) is 5.48. The molecule has 0 saturated carbocycles. The van der Waals surface area contributed by atoms with Crippen LogP contribution in [0.25, 0.3) is 10.9 Å². The molecule has 1 aromatic heterocycles. The number of rotatable bonds is 3. The van der Waals surface area contributed by atoms with Crippen LogP contribution in [-0.2, 0) is 6.54 Å². The highest BCUT2D eigenvalue weighted by Gasteiger charge is 2.36. The minimum Gasteiger partial charge on any atom is -0.449 e. The molecule has 128 valence electrons. The van der Waals surface area contributed by atoms with Crippen molar-refractivity contribution >= 4 is 22.7 Å². The molecule has 2 heterocycles. The number of hydrogen-bond donors (Lipinski definition) is 2. The lowest BCUT2D eigenvalue weighted by atomic mass is 9.93. The first kappa shape index (κ1) is 16.3. The van der Waals surface area contributed by atoms with E-state index in [9.17, 15) is 14.0 Å². The van der Waals surface area contributed by atoms with Gasteiger partial charge in [0.2, 0.25) is 5.43 Å². The molecule has 0 atom stereocenters. The van der Waals surface area contributed by atoms with Crippen molar-refractivity contribution < 1.29 is 19.0 Å². The van der Waals surface area contributed by atoms with Crippen LogP contribution >= 0.6 is 0 Å². The summed E-state index contributed by atoms with van der Waals surface area (Å²) in [6.45, 7) is 5.22. The maximum absolute atomic E-state index is 14.5. The molecule has 1 saturated heterocycles. The van der Waals surface area contributed by atoms with Crippen molar-refractivity contribution in [1.82, 2.24) is 4.57 Å². The Morgan fingerprint density at radius 2 is 2.12 bits per heavy atom. The molecule has 0 radical (unpaired) electrons. The van der Waals surface area contributed by atoms with E-state index in [2.05, 4.69) is 4.74 Å². The Kier molecular flexibility index (Phi) is 3.71. The second-order valence-corrected chi connectivity index (χ2v) is 6.31. The molecule has 1 fully saturated rings. The Morgan fingerprint density at radius 1 is 1.46 bits per heavy atom. The van der Waals surface area contributed by atoms with E-state index < -0.39 is 17.4 Å². The molecule has 1 aromatic carbocycles. The summed E-state index contributed by atoms with van der Waals surface area (Å²) in [6.07, 6.45) is -0.266. The first-order valence-electron chi connectivity index (χ1n) is 7.53. The van der Waals surface area contributed by atoms with Crippen molar-refractivity contribution in [2.75, 3.05) is 18.0 Å². The van der Waals surface area contributed by atoms with E-state index in [1.54, 1.807) is 15.5 Å². The molecule has 0 amide bonds. The summed E-state index contributed by atoms with van der Waals surface area (Å²) in [5.74, 6) is -0.896. The molecule has 24 heavy (non-hydrogen) atoms. The SMILES string of the molecule is CCn1cc(OC(=O)O)c(=O)c2cc(F)c(N3CC(C)(N)C3)cc21. The lowest BCUT2D eigenvalue weighted by Gasteiger charge is -2.47. The zero-order chi connectivity index (χ0) is 17.6. The average molecular weight is 335 g/mol. The third kappa shape index (κ3) is 2.69. The summed E-state index contributed by atoms with van der Waals surface area (Å²) < 4.78 is 20.6. The van der Waals surface area contributed by atoms with Crippen LogP contribution in [0.15, 0.2) is 23.1 Å². The molecule has 8 heteroatoms. The number of hydrogen-bond acceptors (Lipinski definition) is 5. The predicted octanol–water partition coefficient (Wildman–Crippen LogP) is 1.75. The third-order valence-electron chi connectivity index (χ3n) is 4.10. The zero-order valence-corrected chi connectivity index (χ0v) is 13.4. The summed E-state index contributed by atoms with van der Waals surface area (Å²) in [5, 5.41) is 8.80. The molecule has 3 N–H and O–H groups in total. The maximum Gasteiger partial charge on any atom is 0.511 e. The fraction of sp³-hybridized carbons (Fsp3) is 0.375. The molecule has 1 aliphatic heterocycles. The third-order valence-corrected chi connectivity index (χ3v) is 4.10. The van der Waals surface area contributed by atoms with E-state index in [1.807, 2.05) is 13.8 Å². The van der Waals surface area contributed by atoms with Crippen LogP contribution in [0.2, 0.25) is 0 Å². The molecule has 7 nitrogen and oxygen atoms in total. The lowest BCUT2D eigenvalue weighted by Crippen LogP contribution is -2.65. The number of aromatic nitrogens is 1. The number of nitrogens with zero attached hydrogens (tertiary/aromatic N) is 2. The van der Waals surface area contributed by atoms with Crippen LogP contribution in [0.4, 0.5) is 14.9 Å². The van der Waals surface area contributed by atoms with Crippen molar-refractivity contribution in [3.63, 3.8) is 0 Å². The molecular weight excluding hydrogens is 317 g/mol. The molecule has 0 aliphatic carbocycles. The van der Waals surface area contributed by atoms with Gasteiger partial charge < -0.3 is 25.0 Å². The van der Waals surface area contributed by atoms with Gasteiger partial charge in [-0.2, -0.15) is 0 Å². The van der Waals surface area contributed by atoms with Crippen molar-refractivity contribution in [3.8, 4) is 5.75 Å². The van der Waals surface area contributed by atoms with Gasteiger partial charge in [0, 0.05) is 25.2 Å². The van der Waals surface area contributed by atoms with Gasteiger partial charge in [-0.3, -0.25) is 4.79 Å². The summed E-state index contributed by atoms with van der Waals surface area (Å²) in [5.41, 5.74) is 5.84. The lowest BCUT2D eigenvalue weighted by molar-refractivity contribution is 0.144. The summed E-state index contributed by atoms with van der Waals surface area (Å²) in [4.78, 5) is 24.9. The number of carboxylic acid groups (broad SMARTS) is 1. The quantitative estimate of drug-likeness (QED) is 0.830. The normalized spacial score (nSPS) is 16.1. The van der Waals surface area contributed by atoms with E-state index in [0.717, 1.165) is 6.07 Å². The minimum atomic E-state index is -1.59. The minimum absolute atomic E-state index is 0.0767. The molecule has 0 unspecified atom stereocenters. The van der Waals surface area contributed by atoms with Gasteiger partial charge in [0.1, 0.15) is 5.82 Å². The summed E-state index contributed by atoms with van der Waals surface area (Å²) in [7, 11) is 0. The molecule has 1 aliphatic rings. The molecule has 0 spiro atoms. The van der Waals surface area contributed by atoms with E-state index in [0.29, 0.717) is 30.8 Å². The number of halogens is 1. The van der Waals surface area contributed by atoms with Gasteiger partial charge in [-0.25, -0.2) is 9.18 Å². The highest BCUT2D eigenvalue weighted by Crippen LogP contribution is 2.31. The van der Waals surface area contributed by atoms with Gasteiger partial charge in [-0.15, -0.1) is 0 Å². The van der Waals surface area contributed by atoms with Gasteiger partial charge in [0.05, 0.1) is 22.8 Å². The Balaban J connectivity index is 2.16. The first-order valence-corrected chi connectivity index (χ1v) is 7.53. The smallest absolute Gasteiger partial charge is 0.449 e. The number of aryl methyl sites for hydroxylation is 1. The van der Waals surface area contributed by atoms with Crippen LogP contribution in [0.3, 0.4) is 0 Å². The monoisotopic (exact) mass is 335 g/mol. The second-order valence-electron chi connectivity index (χ2n) is 6.31. The summed E-state index contributed by atoms with van der Waals surface area (Å²) in [6, 6.07) is 2.72. The highest BCUT2D eigenvalue weighted by atomic mass is 19.1. The number of nitrogens with two attached hydrogens (primary N) is 1. The van der Waals surface area contributed by atoms with Gasteiger partial charge in [0.15, 0.2) is 5.75 Å². The van der Waals surface area contributed by atoms with Gasteiger partial charge >= 0.3 is 6.16 Å². The predicted molar refractivity (Wildman–Crippen MR) is 87.3 cm³/mol. The van der Waals surface area contributed by atoms with E-state index in [1.165, 1.54) is 6.20 Å². The van der Waals surface area contributed by atoms with Crippen molar-refractivity contribution in [2.45, 2.75) is 25.9 Å².